The molecule has 2 bridgehead atoms. The van der Waals surface area contributed by atoms with E-state index < -0.39 is 17.0 Å². The van der Waals surface area contributed by atoms with E-state index in [1.54, 1.807) is 12.1 Å². The van der Waals surface area contributed by atoms with Gasteiger partial charge in [0.15, 0.2) is 11.6 Å². The first kappa shape index (κ1) is 27.7. The van der Waals surface area contributed by atoms with E-state index in [1.165, 1.54) is 6.33 Å². The molecule has 0 spiro atoms. The molecule has 41 heavy (non-hydrogen) atoms. The zero-order valence-corrected chi connectivity index (χ0v) is 24.4. The summed E-state index contributed by atoms with van der Waals surface area (Å²) in [6, 6.07) is 7.16. The first-order chi connectivity index (χ1) is 19.5. The molecule has 0 aliphatic carbocycles. The van der Waals surface area contributed by atoms with Crippen LogP contribution in [0, 0.1) is 5.82 Å². The van der Waals surface area contributed by atoms with E-state index in [0.29, 0.717) is 36.5 Å². The Hall–Kier alpha value is -3.44. The van der Waals surface area contributed by atoms with Crippen LogP contribution in [0.25, 0.3) is 11.0 Å². The Kier molecular flexibility index (Phi) is 7.05. The highest BCUT2D eigenvalue weighted by molar-refractivity contribution is 6.32. The van der Waals surface area contributed by atoms with E-state index in [-0.39, 0.29) is 41.2 Å². The molecule has 10 nitrogen and oxygen atoms in total. The van der Waals surface area contributed by atoms with Gasteiger partial charge in [-0.15, -0.1) is 0 Å². The number of halogens is 2. The van der Waals surface area contributed by atoms with Crippen molar-refractivity contribution in [2.45, 2.75) is 70.2 Å². The molecule has 3 aromatic rings. The Balaban J connectivity index is 1.19. The predicted octanol–water partition coefficient (Wildman–Crippen LogP) is 5.71. The molecule has 1 aromatic carbocycles. The van der Waals surface area contributed by atoms with Crippen molar-refractivity contribution >= 4 is 46.1 Å². The number of pyridine rings is 1. The predicted molar refractivity (Wildman–Crippen MR) is 154 cm³/mol. The molecule has 1 amide bonds. The molecule has 3 fully saturated rings. The number of amides is 1. The Morgan fingerprint density at radius 2 is 2.05 bits per heavy atom. The second-order valence-corrected chi connectivity index (χ2v) is 12.5. The molecule has 6 rings (SSSR count). The zero-order valence-electron chi connectivity index (χ0n) is 23.6. The Labute approximate surface area is 243 Å². The van der Waals surface area contributed by atoms with Gasteiger partial charge in [-0.3, -0.25) is 0 Å². The number of carbonyl (C=O) groups excluding carboxylic acids is 1. The standard InChI is InChI=1S/C29H34ClFN6O4/c1-28(2,3)41-27(38)37-14-17-12-18(37)13-36(17)22-9-7-20-25(35-22)26(33-16-32-20)34-19-6-8-21(23(30)24(19)31)39-15-29(4)10-5-11-40-29/h6-9,16-18H,5,10-15H2,1-4H3,(H,32,33,34)/t17-,18-,29+/m0/s1. The van der Waals surface area contributed by atoms with Crippen LogP contribution in [0.3, 0.4) is 0 Å². The maximum absolute atomic E-state index is 15.4. The summed E-state index contributed by atoms with van der Waals surface area (Å²) in [5, 5.41) is 2.92. The molecule has 5 heterocycles. The zero-order chi connectivity index (χ0) is 28.9. The fourth-order valence-electron chi connectivity index (χ4n) is 5.72. The molecule has 0 unspecified atom stereocenters. The van der Waals surface area contributed by atoms with Crippen LogP contribution in [0.5, 0.6) is 5.75 Å². The van der Waals surface area contributed by atoms with Crippen LogP contribution in [-0.2, 0) is 9.47 Å². The van der Waals surface area contributed by atoms with E-state index >= 15 is 4.39 Å². The number of nitrogens with zero attached hydrogens (tertiary/aromatic N) is 5. The maximum Gasteiger partial charge on any atom is 0.410 e. The Morgan fingerprint density at radius 1 is 1.22 bits per heavy atom. The number of aromatic nitrogens is 3. The summed E-state index contributed by atoms with van der Waals surface area (Å²) < 4.78 is 32.5. The Morgan fingerprint density at radius 3 is 2.76 bits per heavy atom. The third-order valence-corrected chi connectivity index (χ3v) is 8.12. The highest BCUT2D eigenvalue weighted by atomic mass is 35.5. The van der Waals surface area contributed by atoms with Gasteiger partial charge in [0.25, 0.3) is 0 Å². The number of hydrogen-bond acceptors (Lipinski definition) is 9. The van der Waals surface area contributed by atoms with Crippen LogP contribution in [-0.4, -0.2) is 75.5 Å². The van der Waals surface area contributed by atoms with Gasteiger partial charge < -0.3 is 29.3 Å². The Bertz CT molecular complexity index is 1480. The first-order valence-electron chi connectivity index (χ1n) is 13.9. The fraction of sp³-hybridized carbons (Fsp3) is 0.517. The lowest BCUT2D eigenvalue weighted by molar-refractivity contribution is -0.0159. The van der Waals surface area contributed by atoms with Crippen LogP contribution in [0.1, 0.15) is 47.0 Å². The van der Waals surface area contributed by atoms with E-state index in [4.69, 9.17) is 30.8 Å². The molecule has 0 radical (unpaired) electrons. The highest BCUT2D eigenvalue weighted by Crippen LogP contribution is 2.38. The summed E-state index contributed by atoms with van der Waals surface area (Å²) in [5.41, 5.74) is 0.317. The molecule has 218 valence electrons. The van der Waals surface area contributed by atoms with Gasteiger partial charge in [0, 0.05) is 19.7 Å². The van der Waals surface area contributed by atoms with Crippen molar-refractivity contribution < 1.29 is 23.4 Å². The van der Waals surface area contributed by atoms with Gasteiger partial charge in [-0.1, -0.05) is 11.6 Å². The SMILES string of the molecule is CC(C)(C)OC(=O)N1C[C@@H]2C[C@H]1CN2c1ccc2ncnc(Nc3ccc(OC[C@@]4(C)CCCO4)c(Cl)c3F)c2n1. The number of piperazine rings is 1. The number of anilines is 3. The molecular formula is C29H34ClFN6O4. The van der Waals surface area contributed by atoms with Gasteiger partial charge in [-0.2, -0.15) is 0 Å². The number of ether oxygens (including phenoxy) is 3. The van der Waals surface area contributed by atoms with E-state index in [9.17, 15) is 4.79 Å². The summed E-state index contributed by atoms with van der Waals surface area (Å²) >= 11 is 6.36. The number of nitrogens with one attached hydrogen (secondary N) is 1. The highest BCUT2D eigenvalue weighted by Gasteiger charge is 2.47. The topological polar surface area (TPSA) is 102 Å². The summed E-state index contributed by atoms with van der Waals surface area (Å²) in [5.74, 6) is 0.705. The van der Waals surface area contributed by atoms with E-state index in [1.807, 2.05) is 44.7 Å². The van der Waals surface area contributed by atoms with Crippen molar-refractivity contribution in [3.63, 3.8) is 0 Å². The van der Waals surface area contributed by atoms with Crippen molar-refractivity contribution in [2.75, 3.05) is 36.5 Å². The van der Waals surface area contributed by atoms with Crippen LogP contribution in [0.15, 0.2) is 30.6 Å². The second-order valence-electron chi connectivity index (χ2n) is 12.1. The van der Waals surface area contributed by atoms with Crippen molar-refractivity contribution in [3.8, 4) is 5.75 Å². The number of benzene rings is 1. The lowest BCUT2D eigenvalue weighted by Crippen LogP contribution is -2.50. The summed E-state index contributed by atoms with van der Waals surface area (Å²) in [4.78, 5) is 30.2. The minimum Gasteiger partial charge on any atom is -0.489 e. The fourth-order valence-corrected chi connectivity index (χ4v) is 5.94. The summed E-state index contributed by atoms with van der Waals surface area (Å²) in [7, 11) is 0. The average molecular weight is 585 g/mol. The molecule has 3 aliphatic rings. The second kappa shape index (κ2) is 10.4. The quantitative estimate of drug-likeness (QED) is 0.390. The smallest absolute Gasteiger partial charge is 0.410 e. The summed E-state index contributed by atoms with van der Waals surface area (Å²) in [6.45, 7) is 9.78. The minimum absolute atomic E-state index is 0.0526. The molecule has 1 N–H and O–H groups in total. The molecule has 3 aliphatic heterocycles. The average Bonchev–Trinajstić information content (AvgIpc) is 3.66. The first-order valence-corrected chi connectivity index (χ1v) is 14.3. The van der Waals surface area contributed by atoms with Gasteiger partial charge in [-0.05, 0) is 71.2 Å². The van der Waals surface area contributed by atoms with Crippen LogP contribution >= 0.6 is 11.6 Å². The third kappa shape index (κ3) is 5.57. The van der Waals surface area contributed by atoms with Gasteiger partial charge in [-0.25, -0.2) is 24.1 Å². The van der Waals surface area contributed by atoms with Gasteiger partial charge in [0.05, 0.1) is 28.9 Å². The van der Waals surface area contributed by atoms with Crippen molar-refractivity contribution in [1.29, 1.82) is 0 Å². The van der Waals surface area contributed by atoms with Crippen LogP contribution < -0.4 is 15.0 Å². The number of rotatable bonds is 6. The van der Waals surface area contributed by atoms with Crippen molar-refractivity contribution in [1.82, 2.24) is 19.9 Å². The molecule has 3 saturated heterocycles. The maximum atomic E-state index is 15.4. The lowest BCUT2D eigenvalue weighted by Gasteiger charge is -2.35. The van der Waals surface area contributed by atoms with Gasteiger partial charge in [0.2, 0.25) is 0 Å². The van der Waals surface area contributed by atoms with Crippen molar-refractivity contribution in [3.05, 3.63) is 41.4 Å². The van der Waals surface area contributed by atoms with Crippen LogP contribution in [0.4, 0.5) is 26.5 Å². The molecule has 2 aromatic heterocycles. The molecule has 3 atom stereocenters. The minimum atomic E-state index is -0.649. The normalized spacial score (nSPS) is 23.9. The number of carbonyl (C=O) groups is 1. The molecule has 12 heteroatoms. The lowest BCUT2D eigenvalue weighted by atomic mass is 10.0. The number of hydrogen-bond donors (Lipinski definition) is 1. The van der Waals surface area contributed by atoms with Gasteiger partial charge in [0.1, 0.15) is 40.6 Å². The summed E-state index contributed by atoms with van der Waals surface area (Å²) in [6.07, 6.45) is 3.81. The number of fused-ring (bicyclic) bond motifs is 3. The van der Waals surface area contributed by atoms with Gasteiger partial charge >= 0.3 is 6.09 Å². The molecule has 0 saturated carbocycles. The number of likely N-dealkylation sites (tertiary alicyclic amines) is 1. The van der Waals surface area contributed by atoms with E-state index in [2.05, 4.69) is 20.2 Å². The third-order valence-electron chi connectivity index (χ3n) is 7.76. The molecular weight excluding hydrogens is 551 g/mol. The van der Waals surface area contributed by atoms with Crippen molar-refractivity contribution in [2.24, 2.45) is 0 Å². The van der Waals surface area contributed by atoms with Crippen LogP contribution in [0.2, 0.25) is 5.02 Å². The van der Waals surface area contributed by atoms with E-state index in [0.717, 1.165) is 25.1 Å². The monoisotopic (exact) mass is 584 g/mol. The largest absolute Gasteiger partial charge is 0.489 e.